The normalized spacial score (nSPS) is 17.4. The highest BCUT2D eigenvalue weighted by molar-refractivity contribution is 14.1. The molecule has 11 rings (SSSR count). The topological polar surface area (TPSA) is 343 Å². The van der Waals surface area contributed by atoms with Gasteiger partial charge in [0.1, 0.15) is 41.7 Å². The Morgan fingerprint density at radius 2 is 1.28 bits per heavy atom. The molecule has 4 heterocycles. The van der Waals surface area contributed by atoms with Crippen molar-refractivity contribution in [3.8, 4) is 40.2 Å². The summed E-state index contributed by atoms with van der Waals surface area (Å²) in [7, 11) is 2.91. The zero-order valence-corrected chi connectivity index (χ0v) is 60.9. The molecule has 32 heteroatoms. The van der Waals surface area contributed by atoms with Gasteiger partial charge in [0, 0.05) is 42.6 Å². The summed E-state index contributed by atoms with van der Waals surface area (Å²) in [5, 5.41) is 53.4. The van der Waals surface area contributed by atoms with E-state index >= 15 is 19.2 Å². The summed E-state index contributed by atoms with van der Waals surface area (Å²) >= 11 is 40.5. The van der Waals surface area contributed by atoms with E-state index in [0.717, 1.165) is 48.4 Å². The molecule has 1 aromatic heterocycles. The maximum atomic E-state index is 15.9. The van der Waals surface area contributed by atoms with E-state index in [1.165, 1.54) is 50.6 Å². The molecule has 1 saturated heterocycles. The SMILES string of the molecule is COC(=O)[C@H](NC(=O)[C@@H]1Cc2ccc(cc2)Oc2cc(cc(I)c2OC)[C@@H](NC(=O)[C@H](NC(=O)[C@@H](Cc2c[nH]c3cc(B4OC(C)(C)C(C)(C)O4)ccc23)NC(=O)C(=O)c2cc(Cl)c(O)c(Cl)c2)c2cc(Cl)c(O)c(Cl)c2)C(=O)N[C@H](c2cc(Cl)c(O)c(Cl)c2)C(=O)N1C)c1ccc(O)cc1. The third-order valence-corrected chi connectivity index (χ3v) is 20.0. The molecule has 3 aliphatic rings. The summed E-state index contributed by atoms with van der Waals surface area (Å²) in [6, 6.07) is 15.2. The van der Waals surface area contributed by atoms with E-state index in [-0.39, 0.29) is 77.3 Å². The average Bonchev–Trinajstić information content (AvgIpc) is 1.68. The number of likely N-dealkylation sites (N-methyl/N-ethyl adjacent to an activating group) is 1. The summed E-state index contributed by atoms with van der Waals surface area (Å²) in [5.41, 5.74) is -0.0373. The third kappa shape index (κ3) is 16.2. The highest BCUT2D eigenvalue weighted by Gasteiger charge is 2.52. The minimum atomic E-state index is -2.04. The van der Waals surface area contributed by atoms with Crippen molar-refractivity contribution < 1.29 is 82.3 Å². The van der Waals surface area contributed by atoms with Crippen LogP contribution in [-0.2, 0) is 60.4 Å². The molecule has 6 amide bonds. The Morgan fingerprint density at radius 3 is 1.86 bits per heavy atom. The average molecular weight is 1610 g/mol. The second-order valence-corrected chi connectivity index (χ2v) is 28.2. The Balaban J connectivity index is 1.07. The van der Waals surface area contributed by atoms with E-state index in [0.29, 0.717) is 31.1 Å². The second kappa shape index (κ2) is 30.5. The zero-order valence-electron chi connectivity index (χ0n) is 54.2. The smallest absolute Gasteiger partial charge is 0.494 e. The number of aromatic hydroxyl groups is 4. The first kappa shape index (κ1) is 75.0. The van der Waals surface area contributed by atoms with Crippen molar-refractivity contribution >= 4 is 163 Å². The van der Waals surface area contributed by atoms with E-state index in [1.807, 2.05) is 50.3 Å². The van der Waals surface area contributed by atoms with Crippen LogP contribution in [-0.4, -0.2) is 129 Å². The van der Waals surface area contributed by atoms with E-state index < -0.39 is 135 Å². The van der Waals surface area contributed by atoms with Gasteiger partial charge in [-0.3, -0.25) is 33.6 Å². The molecule has 3 aliphatic heterocycles. The van der Waals surface area contributed by atoms with Crippen LogP contribution in [0.15, 0.2) is 121 Å². The molecule has 24 nitrogen and oxygen atoms in total. The van der Waals surface area contributed by atoms with Gasteiger partial charge in [-0.2, -0.15) is 0 Å². The first-order valence-electron chi connectivity index (χ1n) is 30.5. The number of amides is 6. The molecule has 7 aromatic carbocycles. The van der Waals surface area contributed by atoms with Gasteiger partial charge < -0.3 is 80.4 Å². The van der Waals surface area contributed by atoms with Crippen molar-refractivity contribution in [1.82, 2.24) is 36.5 Å². The maximum Gasteiger partial charge on any atom is 0.494 e. The van der Waals surface area contributed by atoms with Crippen molar-refractivity contribution in [1.29, 1.82) is 0 Å². The lowest BCUT2D eigenvalue weighted by atomic mass is 9.78. The van der Waals surface area contributed by atoms with Crippen molar-refractivity contribution in [2.75, 3.05) is 21.3 Å². The van der Waals surface area contributed by atoms with Crippen molar-refractivity contribution in [3.05, 3.63) is 194 Å². The van der Waals surface area contributed by atoms with Crippen LogP contribution in [0, 0.1) is 3.57 Å². The molecule has 0 radical (unpaired) electrons. The molecule has 101 heavy (non-hydrogen) atoms. The van der Waals surface area contributed by atoms with E-state index in [4.69, 9.17) is 93.1 Å². The Bertz CT molecular complexity index is 4580. The highest BCUT2D eigenvalue weighted by Crippen LogP contribution is 2.42. The number of rotatable bonds is 17. The molecule has 8 aromatic rings. The number of ketones is 1. The minimum absolute atomic E-state index is 0.0281. The number of aromatic nitrogens is 1. The second-order valence-electron chi connectivity index (χ2n) is 24.6. The largest absolute Gasteiger partial charge is 0.508 e. The van der Waals surface area contributed by atoms with Gasteiger partial charge in [0.2, 0.25) is 35.3 Å². The van der Waals surface area contributed by atoms with Gasteiger partial charge in [0.05, 0.1) is 59.1 Å². The third-order valence-electron chi connectivity index (χ3n) is 17.4. The number of phenols is 4. The van der Waals surface area contributed by atoms with Gasteiger partial charge in [-0.25, -0.2) is 4.79 Å². The number of halogens is 7. The van der Waals surface area contributed by atoms with Crippen molar-refractivity contribution in [2.24, 2.45) is 0 Å². The van der Waals surface area contributed by atoms with Gasteiger partial charge in [0.25, 0.3) is 5.91 Å². The maximum absolute atomic E-state index is 15.9. The monoisotopic (exact) mass is 1610 g/mol. The van der Waals surface area contributed by atoms with E-state index in [9.17, 15) is 39.6 Å². The fraction of sp³-hybridized carbons (Fsp3) is 0.246. The van der Waals surface area contributed by atoms with Crippen molar-refractivity contribution in [3.63, 3.8) is 0 Å². The number of methoxy groups -OCH3 is 2. The fourth-order valence-corrected chi connectivity index (χ4v) is 13.5. The molecular weight excluding hydrogens is 1550 g/mol. The molecule has 526 valence electrons. The minimum Gasteiger partial charge on any atom is -0.508 e. The highest BCUT2D eigenvalue weighted by atomic mass is 127. The van der Waals surface area contributed by atoms with Gasteiger partial charge in [-0.1, -0.05) is 106 Å². The number of ether oxygens (including phenoxy) is 3. The predicted molar refractivity (Wildman–Crippen MR) is 385 cm³/mol. The van der Waals surface area contributed by atoms with Crippen molar-refractivity contribution in [2.45, 2.75) is 88.0 Å². The Hall–Kier alpha value is -8.71. The molecule has 10 N–H and O–H groups in total. The zero-order chi connectivity index (χ0) is 73.4. The van der Waals surface area contributed by atoms with Gasteiger partial charge in [-0.05, 0) is 168 Å². The first-order chi connectivity index (χ1) is 47.7. The van der Waals surface area contributed by atoms with Crippen LogP contribution in [0.5, 0.6) is 40.2 Å². The number of nitrogens with one attached hydrogen (secondary N) is 6. The fourth-order valence-electron chi connectivity index (χ4n) is 11.2. The summed E-state index contributed by atoms with van der Waals surface area (Å²) in [4.78, 5) is 124. The number of Topliss-reactive ketones (excluding diaryl/α,β-unsaturated/α-hetero) is 1. The molecular formula is C69H61BCl6IN7O17. The van der Waals surface area contributed by atoms with Crippen LogP contribution >= 0.6 is 92.2 Å². The number of fused-ring (bicyclic) bond motifs is 10. The number of H-pyrrole nitrogens is 1. The number of carbonyl (C=O) groups is 8. The summed E-state index contributed by atoms with van der Waals surface area (Å²) in [5.74, 6) is -10.8. The summed E-state index contributed by atoms with van der Waals surface area (Å²) < 4.78 is 30.2. The first-order valence-corrected chi connectivity index (χ1v) is 33.9. The van der Waals surface area contributed by atoms with Crippen LogP contribution in [0.3, 0.4) is 0 Å². The molecule has 0 spiro atoms. The van der Waals surface area contributed by atoms with Crippen LogP contribution < -0.4 is 41.5 Å². The Kier molecular flexibility index (Phi) is 22.6. The lowest BCUT2D eigenvalue weighted by Crippen LogP contribution is -2.55. The van der Waals surface area contributed by atoms with Crippen LogP contribution in [0.25, 0.3) is 10.9 Å². The van der Waals surface area contributed by atoms with Crippen LogP contribution in [0.2, 0.25) is 30.1 Å². The Labute approximate surface area is 620 Å². The number of esters is 1. The lowest BCUT2D eigenvalue weighted by Gasteiger charge is -2.33. The van der Waals surface area contributed by atoms with Crippen LogP contribution in [0.1, 0.15) is 95.6 Å². The van der Waals surface area contributed by atoms with E-state index in [2.05, 4.69) is 31.6 Å². The molecule has 0 saturated carbocycles. The quantitative estimate of drug-likeness (QED) is 0.0133. The van der Waals surface area contributed by atoms with Crippen LogP contribution in [0.4, 0.5) is 0 Å². The number of hydrogen-bond donors (Lipinski definition) is 10. The molecule has 0 unspecified atom stereocenters. The molecule has 1 fully saturated rings. The number of phenolic OH excluding ortho intramolecular Hbond substituents is 4. The standard InChI is InChI=1S/C69H61BCl6IN7O17/c1-68(2)69(3,4)101-70(100-68)37-12-17-40-36(29-78-48(40)28-37)26-49(79-65(94)56(86)35-23-45(75)59(89)46(76)24-35)61(90)80-52(32-19-41(71)57(87)42(72)20-32)63(92)81-53-34-25-47(77)60(97-6)51(27-34)99-39-15-8-30(9-16-39)18-50(62(91)83-55(67(96)98-7)31-10-13-38(85)14-11-31)84(5)66(95)54(82-64(53)93)33-21-43(73)58(88)44(74)22-33/h8-17,19-25,27-29,49-50,52-55,78,85,87-89H,18,26H2,1-7H3,(H,79,94)(H,80,90)(H,81,92)(H,82,93)(H,83,91)/t49-,50+,52-,53-,54-,55-/m1/s1. The molecule has 0 aliphatic carbocycles. The number of carbonyl (C=O) groups excluding carboxylic acids is 8. The van der Waals surface area contributed by atoms with E-state index in [1.54, 1.807) is 48.7 Å². The number of benzene rings is 7. The van der Waals surface area contributed by atoms with Gasteiger partial charge in [0.15, 0.2) is 34.8 Å². The molecule has 6 atom stereocenters. The summed E-state index contributed by atoms with van der Waals surface area (Å²) in [6.45, 7) is 7.61. The predicted octanol–water partition coefficient (Wildman–Crippen LogP) is 10.5. The molecule has 4 bridgehead atoms. The van der Waals surface area contributed by atoms with Gasteiger partial charge >= 0.3 is 13.1 Å². The number of hydrogen-bond acceptors (Lipinski definition) is 17. The lowest BCUT2D eigenvalue weighted by molar-refractivity contribution is -0.147. The summed E-state index contributed by atoms with van der Waals surface area (Å²) in [6.07, 6.45) is 0.879. The number of nitrogens with zero attached hydrogens (tertiary/aromatic N) is 1. The number of aromatic amines is 1. The van der Waals surface area contributed by atoms with Gasteiger partial charge in [-0.15, -0.1) is 0 Å². The Morgan fingerprint density at radius 1 is 0.693 bits per heavy atom.